The molecule has 2 unspecified atom stereocenters. The van der Waals surface area contributed by atoms with Gasteiger partial charge in [-0.15, -0.1) is 0 Å². The number of rotatable bonds is 6. The van der Waals surface area contributed by atoms with E-state index in [1.807, 2.05) is 6.92 Å². The van der Waals surface area contributed by atoms with Crippen molar-refractivity contribution in [2.75, 3.05) is 6.54 Å². The Morgan fingerprint density at radius 2 is 2.15 bits per heavy atom. The van der Waals surface area contributed by atoms with Crippen LogP contribution in [0.1, 0.15) is 33.6 Å². The van der Waals surface area contributed by atoms with E-state index in [0.717, 1.165) is 0 Å². The van der Waals surface area contributed by atoms with E-state index in [0.29, 0.717) is 19.4 Å². The van der Waals surface area contributed by atoms with Crippen LogP contribution in [0.4, 0.5) is 0 Å². The summed E-state index contributed by atoms with van der Waals surface area (Å²) in [5, 5.41) is 20.8. The second kappa shape index (κ2) is 5.19. The van der Waals surface area contributed by atoms with Crippen molar-refractivity contribution in [3.63, 3.8) is 0 Å². The summed E-state index contributed by atoms with van der Waals surface area (Å²) < 4.78 is 0. The van der Waals surface area contributed by atoms with Crippen molar-refractivity contribution in [1.29, 1.82) is 0 Å². The van der Waals surface area contributed by atoms with Crippen molar-refractivity contribution in [3.8, 4) is 0 Å². The molecule has 0 saturated heterocycles. The first-order chi connectivity index (χ1) is 5.92. The molecule has 0 fully saturated rings. The molecule has 0 saturated carbocycles. The number of aliphatic hydroxyl groups is 1. The SMILES string of the molecule is CCC(C)(NCCC(C)O)C(=O)O. The normalized spacial score (nSPS) is 17.8. The highest BCUT2D eigenvalue weighted by Gasteiger charge is 2.29. The maximum Gasteiger partial charge on any atom is 0.323 e. The molecule has 0 aromatic carbocycles. The van der Waals surface area contributed by atoms with Gasteiger partial charge in [-0.25, -0.2) is 0 Å². The molecule has 0 heterocycles. The van der Waals surface area contributed by atoms with E-state index >= 15 is 0 Å². The highest BCUT2D eigenvalue weighted by molar-refractivity contribution is 5.78. The topological polar surface area (TPSA) is 69.6 Å². The number of carboxylic acids is 1. The minimum absolute atomic E-state index is 0.387. The fraction of sp³-hybridized carbons (Fsp3) is 0.889. The lowest BCUT2D eigenvalue weighted by Gasteiger charge is -2.24. The summed E-state index contributed by atoms with van der Waals surface area (Å²) in [7, 11) is 0. The molecule has 0 aromatic rings. The molecule has 0 aromatic heterocycles. The molecule has 0 aliphatic rings. The van der Waals surface area contributed by atoms with Gasteiger partial charge in [0.1, 0.15) is 5.54 Å². The van der Waals surface area contributed by atoms with Crippen LogP contribution in [0.15, 0.2) is 0 Å². The van der Waals surface area contributed by atoms with Crippen molar-refractivity contribution < 1.29 is 15.0 Å². The molecule has 2 atom stereocenters. The van der Waals surface area contributed by atoms with E-state index in [4.69, 9.17) is 10.2 Å². The fourth-order valence-corrected chi connectivity index (χ4v) is 0.909. The minimum atomic E-state index is -0.866. The van der Waals surface area contributed by atoms with E-state index in [-0.39, 0.29) is 6.10 Å². The van der Waals surface area contributed by atoms with Crippen LogP contribution in [-0.4, -0.2) is 34.4 Å². The molecule has 4 heteroatoms. The molecule has 0 radical (unpaired) electrons. The van der Waals surface area contributed by atoms with Crippen molar-refractivity contribution in [3.05, 3.63) is 0 Å². The zero-order valence-corrected chi connectivity index (χ0v) is 8.50. The van der Waals surface area contributed by atoms with Gasteiger partial charge in [-0.05, 0) is 33.2 Å². The first kappa shape index (κ1) is 12.4. The third-order valence-electron chi connectivity index (χ3n) is 2.26. The molecule has 0 amide bonds. The molecule has 0 aliphatic heterocycles. The van der Waals surface area contributed by atoms with Gasteiger partial charge in [0.15, 0.2) is 0 Å². The predicted octanol–water partition coefficient (Wildman–Crippen LogP) is 0.600. The maximum atomic E-state index is 10.8. The molecule has 0 aliphatic carbocycles. The summed E-state index contributed by atoms with van der Waals surface area (Å²) in [4.78, 5) is 10.8. The van der Waals surface area contributed by atoms with Crippen molar-refractivity contribution >= 4 is 5.97 Å². The molecule has 0 bridgehead atoms. The van der Waals surface area contributed by atoms with Crippen molar-refractivity contribution in [2.24, 2.45) is 0 Å². The Morgan fingerprint density at radius 1 is 1.62 bits per heavy atom. The number of nitrogens with one attached hydrogen (secondary N) is 1. The summed E-state index contributed by atoms with van der Waals surface area (Å²) in [5.74, 6) is -0.847. The van der Waals surface area contributed by atoms with Gasteiger partial charge >= 0.3 is 5.97 Å². The number of carboxylic acid groups (broad SMARTS) is 1. The first-order valence-electron chi connectivity index (χ1n) is 4.59. The summed E-state index contributed by atoms with van der Waals surface area (Å²) in [6.07, 6.45) is 0.716. The van der Waals surface area contributed by atoms with Crippen LogP contribution >= 0.6 is 0 Å². The number of hydrogen-bond donors (Lipinski definition) is 3. The van der Waals surface area contributed by atoms with Gasteiger partial charge in [0, 0.05) is 0 Å². The fourth-order valence-electron chi connectivity index (χ4n) is 0.909. The van der Waals surface area contributed by atoms with Gasteiger partial charge in [0.05, 0.1) is 6.10 Å². The minimum Gasteiger partial charge on any atom is -0.480 e. The Kier molecular flexibility index (Phi) is 4.95. The smallest absolute Gasteiger partial charge is 0.323 e. The van der Waals surface area contributed by atoms with Crippen LogP contribution in [-0.2, 0) is 4.79 Å². The molecular formula is C9H19NO3. The Labute approximate surface area is 79.0 Å². The number of hydrogen-bond acceptors (Lipinski definition) is 3. The third-order valence-corrected chi connectivity index (χ3v) is 2.26. The molecular weight excluding hydrogens is 170 g/mol. The third kappa shape index (κ3) is 4.24. The molecule has 0 rings (SSSR count). The Hall–Kier alpha value is -0.610. The number of carbonyl (C=O) groups is 1. The Balaban J connectivity index is 3.92. The molecule has 13 heavy (non-hydrogen) atoms. The molecule has 3 N–H and O–H groups in total. The van der Waals surface area contributed by atoms with Crippen LogP contribution in [0.2, 0.25) is 0 Å². The standard InChI is InChI=1S/C9H19NO3/c1-4-9(3,8(12)13)10-6-5-7(2)11/h7,10-11H,4-6H2,1-3H3,(H,12,13). The maximum absolute atomic E-state index is 10.8. The predicted molar refractivity (Wildman–Crippen MR) is 50.6 cm³/mol. The Morgan fingerprint density at radius 3 is 2.46 bits per heavy atom. The summed E-state index contributed by atoms with van der Waals surface area (Å²) >= 11 is 0. The average molecular weight is 189 g/mol. The van der Waals surface area contributed by atoms with Gasteiger partial charge in [-0.3, -0.25) is 4.79 Å². The van der Waals surface area contributed by atoms with E-state index in [1.165, 1.54) is 0 Å². The van der Waals surface area contributed by atoms with Crippen molar-refractivity contribution in [1.82, 2.24) is 5.32 Å². The summed E-state index contributed by atoms with van der Waals surface area (Å²) in [6.45, 7) is 5.68. The van der Waals surface area contributed by atoms with Gasteiger partial charge in [-0.1, -0.05) is 6.92 Å². The monoisotopic (exact) mass is 189 g/mol. The van der Waals surface area contributed by atoms with E-state index in [1.54, 1.807) is 13.8 Å². The molecule has 4 nitrogen and oxygen atoms in total. The number of aliphatic hydroxyl groups excluding tert-OH is 1. The van der Waals surface area contributed by atoms with Gasteiger partial charge in [-0.2, -0.15) is 0 Å². The lowest BCUT2D eigenvalue weighted by molar-refractivity contribution is -0.144. The second-order valence-corrected chi connectivity index (χ2v) is 3.56. The van der Waals surface area contributed by atoms with Crippen LogP contribution in [0.3, 0.4) is 0 Å². The van der Waals surface area contributed by atoms with E-state index < -0.39 is 11.5 Å². The lowest BCUT2D eigenvalue weighted by Crippen LogP contribution is -2.49. The molecule has 0 spiro atoms. The average Bonchev–Trinajstić information content (AvgIpc) is 2.03. The second-order valence-electron chi connectivity index (χ2n) is 3.56. The van der Waals surface area contributed by atoms with Crippen LogP contribution < -0.4 is 5.32 Å². The van der Waals surface area contributed by atoms with Crippen molar-refractivity contribution in [2.45, 2.75) is 45.3 Å². The lowest BCUT2D eigenvalue weighted by atomic mass is 9.99. The van der Waals surface area contributed by atoms with Gasteiger partial charge in [0.25, 0.3) is 0 Å². The Bertz CT molecular complexity index is 170. The van der Waals surface area contributed by atoms with Crippen LogP contribution in [0, 0.1) is 0 Å². The van der Waals surface area contributed by atoms with Gasteiger partial charge in [0.2, 0.25) is 0 Å². The van der Waals surface area contributed by atoms with E-state index in [9.17, 15) is 4.79 Å². The van der Waals surface area contributed by atoms with E-state index in [2.05, 4.69) is 5.32 Å². The van der Waals surface area contributed by atoms with Gasteiger partial charge < -0.3 is 15.5 Å². The highest BCUT2D eigenvalue weighted by atomic mass is 16.4. The summed E-state index contributed by atoms with van der Waals surface area (Å²) in [6, 6.07) is 0. The summed E-state index contributed by atoms with van der Waals surface area (Å²) in [5.41, 5.74) is -0.866. The first-order valence-corrected chi connectivity index (χ1v) is 4.59. The van der Waals surface area contributed by atoms with Crippen LogP contribution in [0.5, 0.6) is 0 Å². The highest BCUT2D eigenvalue weighted by Crippen LogP contribution is 2.08. The molecule has 78 valence electrons. The van der Waals surface area contributed by atoms with Crippen LogP contribution in [0.25, 0.3) is 0 Å². The quantitative estimate of drug-likeness (QED) is 0.572. The zero-order valence-electron chi connectivity index (χ0n) is 8.50. The zero-order chi connectivity index (χ0) is 10.5. The largest absolute Gasteiger partial charge is 0.480 e. The number of aliphatic carboxylic acids is 1.